The van der Waals surface area contributed by atoms with Crippen LogP contribution in [0.4, 0.5) is 0 Å². The monoisotopic (exact) mass is 293 g/mol. The minimum atomic E-state index is -3.18. The Morgan fingerprint density at radius 3 is 2.58 bits per heavy atom. The third-order valence-corrected chi connectivity index (χ3v) is 3.63. The maximum Gasteiger partial charge on any atom is 0.307 e. The number of carbonyl (C=O) groups excluding carboxylic acids is 1. The van der Waals surface area contributed by atoms with E-state index < -0.39 is 9.84 Å². The van der Waals surface area contributed by atoms with Crippen LogP contribution in [0.15, 0.2) is 12.0 Å². The molecule has 19 heavy (non-hydrogen) atoms. The maximum atomic E-state index is 11.1. The fourth-order valence-electron chi connectivity index (χ4n) is 1.21. The van der Waals surface area contributed by atoms with Crippen LogP contribution in [-0.2, 0) is 24.1 Å². The number of hydrogen-bond donors (Lipinski definition) is 0. The quantitative estimate of drug-likeness (QED) is 0.407. The standard InChI is InChI=1S/C12H23NO5S/c1-4-18-12(14)6-7-13(3)8-9-17-10-11-19(15,16)5-2/h5H,2,4,6-11H2,1,3H3. The molecule has 7 heteroatoms. The molecule has 0 aliphatic heterocycles. The van der Waals surface area contributed by atoms with Crippen molar-refractivity contribution in [3.63, 3.8) is 0 Å². The van der Waals surface area contributed by atoms with E-state index in [1.54, 1.807) is 6.92 Å². The predicted octanol–water partition coefficient (Wildman–Crippen LogP) is 0.446. The fraction of sp³-hybridized carbons (Fsp3) is 0.750. The Morgan fingerprint density at radius 1 is 1.32 bits per heavy atom. The molecule has 112 valence electrons. The highest BCUT2D eigenvalue weighted by molar-refractivity contribution is 7.94. The first-order valence-electron chi connectivity index (χ1n) is 6.18. The van der Waals surface area contributed by atoms with Crippen molar-refractivity contribution >= 4 is 15.8 Å². The fourth-order valence-corrected chi connectivity index (χ4v) is 1.72. The molecule has 0 atom stereocenters. The summed E-state index contributed by atoms with van der Waals surface area (Å²) in [4.78, 5) is 13.0. The highest BCUT2D eigenvalue weighted by atomic mass is 32.2. The summed E-state index contributed by atoms with van der Waals surface area (Å²) in [6, 6.07) is 0. The van der Waals surface area contributed by atoms with Crippen molar-refractivity contribution in [3.05, 3.63) is 12.0 Å². The van der Waals surface area contributed by atoms with Gasteiger partial charge in [-0.2, -0.15) is 0 Å². The van der Waals surface area contributed by atoms with E-state index in [1.807, 2.05) is 11.9 Å². The van der Waals surface area contributed by atoms with Gasteiger partial charge < -0.3 is 14.4 Å². The molecular formula is C12H23NO5S. The molecule has 6 nitrogen and oxygen atoms in total. The van der Waals surface area contributed by atoms with Crippen LogP contribution >= 0.6 is 0 Å². The summed E-state index contributed by atoms with van der Waals surface area (Å²) in [6.07, 6.45) is 0.342. The number of sulfone groups is 1. The molecule has 0 fully saturated rings. The Bertz CT molecular complexity index is 366. The topological polar surface area (TPSA) is 72.9 Å². The molecule has 0 saturated carbocycles. The van der Waals surface area contributed by atoms with Gasteiger partial charge in [0.25, 0.3) is 0 Å². The first-order valence-corrected chi connectivity index (χ1v) is 7.90. The van der Waals surface area contributed by atoms with Crippen LogP contribution in [0.3, 0.4) is 0 Å². The average molecular weight is 293 g/mol. The van der Waals surface area contributed by atoms with Crippen molar-refractivity contribution < 1.29 is 22.7 Å². The van der Waals surface area contributed by atoms with E-state index in [9.17, 15) is 13.2 Å². The van der Waals surface area contributed by atoms with Gasteiger partial charge in [0.05, 0.1) is 32.0 Å². The third kappa shape index (κ3) is 10.7. The molecule has 0 radical (unpaired) electrons. The van der Waals surface area contributed by atoms with Gasteiger partial charge in [-0.3, -0.25) is 4.79 Å². The Kier molecular flexibility index (Phi) is 9.46. The van der Waals surface area contributed by atoms with Gasteiger partial charge in [0.2, 0.25) is 0 Å². The average Bonchev–Trinajstić information content (AvgIpc) is 2.36. The lowest BCUT2D eigenvalue weighted by atomic mass is 10.4. The van der Waals surface area contributed by atoms with Gasteiger partial charge in [-0.05, 0) is 14.0 Å². The van der Waals surface area contributed by atoms with Gasteiger partial charge in [-0.15, -0.1) is 0 Å². The molecule has 0 heterocycles. The summed E-state index contributed by atoms with van der Waals surface area (Å²) >= 11 is 0. The van der Waals surface area contributed by atoms with Gasteiger partial charge in [0.15, 0.2) is 9.84 Å². The second kappa shape index (κ2) is 9.94. The molecule has 0 N–H and O–H groups in total. The summed E-state index contributed by atoms with van der Waals surface area (Å²) in [5.41, 5.74) is 0. The largest absolute Gasteiger partial charge is 0.466 e. The molecule has 0 aromatic heterocycles. The normalized spacial score (nSPS) is 11.5. The lowest BCUT2D eigenvalue weighted by Gasteiger charge is -2.15. The van der Waals surface area contributed by atoms with Crippen molar-refractivity contribution in [1.29, 1.82) is 0 Å². The zero-order valence-electron chi connectivity index (χ0n) is 11.6. The third-order valence-electron chi connectivity index (χ3n) is 2.39. The van der Waals surface area contributed by atoms with E-state index in [-0.39, 0.29) is 18.3 Å². The van der Waals surface area contributed by atoms with Gasteiger partial charge in [-0.25, -0.2) is 8.42 Å². The van der Waals surface area contributed by atoms with E-state index in [4.69, 9.17) is 9.47 Å². The Morgan fingerprint density at radius 2 is 2.00 bits per heavy atom. The summed E-state index contributed by atoms with van der Waals surface area (Å²) in [6.45, 7) is 7.18. The second-order valence-corrected chi connectivity index (χ2v) is 6.07. The Labute approximate surface area is 115 Å². The lowest BCUT2D eigenvalue weighted by molar-refractivity contribution is -0.143. The molecule has 0 aliphatic carbocycles. The van der Waals surface area contributed by atoms with Gasteiger partial charge >= 0.3 is 5.97 Å². The van der Waals surface area contributed by atoms with Crippen LogP contribution in [0.1, 0.15) is 13.3 Å². The van der Waals surface area contributed by atoms with E-state index in [2.05, 4.69) is 6.58 Å². The number of ether oxygens (including phenoxy) is 2. The molecule has 0 aliphatic rings. The number of hydrogen-bond acceptors (Lipinski definition) is 6. The van der Waals surface area contributed by atoms with Crippen molar-refractivity contribution in [2.75, 3.05) is 45.7 Å². The zero-order chi connectivity index (χ0) is 14.7. The molecule has 0 amide bonds. The van der Waals surface area contributed by atoms with Crippen molar-refractivity contribution in [1.82, 2.24) is 4.90 Å². The van der Waals surface area contributed by atoms with E-state index in [1.165, 1.54) is 0 Å². The molecular weight excluding hydrogens is 270 g/mol. The van der Waals surface area contributed by atoms with Crippen LogP contribution in [0.2, 0.25) is 0 Å². The minimum absolute atomic E-state index is 0.0525. The first-order chi connectivity index (χ1) is 8.91. The molecule has 0 bridgehead atoms. The summed E-state index contributed by atoms with van der Waals surface area (Å²) < 4.78 is 32.2. The van der Waals surface area contributed by atoms with Crippen LogP contribution in [0.5, 0.6) is 0 Å². The van der Waals surface area contributed by atoms with Crippen molar-refractivity contribution in [3.8, 4) is 0 Å². The number of rotatable bonds is 11. The SMILES string of the molecule is C=CS(=O)(=O)CCOCCN(C)CCC(=O)OCC. The van der Waals surface area contributed by atoms with E-state index in [0.717, 1.165) is 5.41 Å². The van der Waals surface area contributed by atoms with E-state index >= 15 is 0 Å². The number of esters is 1. The minimum Gasteiger partial charge on any atom is -0.466 e. The summed E-state index contributed by atoms with van der Waals surface area (Å²) in [7, 11) is -1.32. The smallest absolute Gasteiger partial charge is 0.307 e. The Balaban J connectivity index is 3.56. The van der Waals surface area contributed by atoms with Gasteiger partial charge in [0, 0.05) is 18.5 Å². The zero-order valence-corrected chi connectivity index (χ0v) is 12.4. The van der Waals surface area contributed by atoms with Crippen molar-refractivity contribution in [2.24, 2.45) is 0 Å². The molecule has 0 rings (SSSR count). The summed E-state index contributed by atoms with van der Waals surface area (Å²) in [5.74, 6) is -0.268. The van der Waals surface area contributed by atoms with Crippen LogP contribution in [0.25, 0.3) is 0 Å². The first kappa shape index (κ1) is 18.1. The maximum absolute atomic E-state index is 11.1. The highest BCUT2D eigenvalue weighted by Crippen LogP contribution is 1.93. The highest BCUT2D eigenvalue weighted by Gasteiger charge is 2.06. The number of nitrogens with zero attached hydrogens (tertiary/aromatic N) is 1. The summed E-state index contributed by atoms with van der Waals surface area (Å²) in [5, 5.41) is 0.932. The van der Waals surface area contributed by atoms with Crippen LogP contribution in [0, 0.1) is 0 Å². The van der Waals surface area contributed by atoms with Crippen LogP contribution in [-0.4, -0.2) is 65.0 Å². The Hall–Kier alpha value is -0.920. The van der Waals surface area contributed by atoms with E-state index in [0.29, 0.717) is 32.7 Å². The van der Waals surface area contributed by atoms with Crippen molar-refractivity contribution in [2.45, 2.75) is 13.3 Å². The van der Waals surface area contributed by atoms with Gasteiger partial charge in [-0.1, -0.05) is 6.58 Å². The molecule has 0 aromatic carbocycles. The van der Waals surface area contributed by atoms with Crippen LogP contribution < -0.4 is 0 Å². The molecule has 0 spiro atoms. The second-order valence-electron chi connectivity index (χ2n) is 4.00. The number of likely N-dealkylation sites (N-methyl/N-ethyl adjacent to an activating group) is 1. The molecule has 0 saturated heterocycles. The predicted molar refractivity (Wildman–Crippen MR) is 73.5 cm³/mol. The lowest BCUT2D eigenvalue weighted by Crippen LogP contribution is -2.27. The molecule has 0 aromatic rings. The molecule has 0 unspecified atom stereocenters. The number of carbonyl (C=O) groups is 1. The van der Waals surface area contributed by atoms with Gasteiger partial charge in [0.1, 0.15) is 0 Å².